The molecule has 0 unspecified atom stereocenters. The van der Waals surface area contributed by atoms with Crippen LogP contribution in [-0.4, -0.2) is 15.4 Å². The van der Waals surface area contributed by atoms with Gasteiger partial charge in [-0.2, -0.15) is 11.8 Å². The monoisotopic (exact) mass is 249 g/mol. The summed E-state index contributed by atoms with van der Waals surface area (Å²) in [7, 11) is 0. The van der Waals surface area contributed by atoms with E-state index in [0.717, 1.165) is 22.4 Å². The zero-order valence-electron chi connectivity index (χ0n) is 10.6. The Labute approximate surface area is 107 Å². The number of hydrogen-bond acceptors (Lipinski definition) is 2. The van der Waals surface area contributed by atoms with Crippen LogP contribution in [-0.2, 0) is 5.75 Å². The van der Waals surface area contributed by atoms with Crippen LogP contribution in [0.4, 0.5) is 0 Å². The summed E-state index contributed by atoms with van der Waals surface area (Å²) < 4.78 is 2.24. The molecule has 1 N–H and O–H groups in total. The Bertz CT molecular complexity index is 516. The SMILES string of the molecule is CCSCc1cn(C(C)C)c2cccc(O)c12. The first-order chi connectivity index (χ1) is 8.15. The lowest BCUT2D eigenvalue weighted by Gasteiger charge is -2.08. The molecule has 3 heteroatoms. The maximum atomic E-state index is 10.0. The summed E-state index contributed by atoms with van der Waals surface area (Å²) in [6.45, 7) is 6.49. The van der Waals surface area contributed by atoms with Gasteiger partial charge in [-0.15, -0.1) is 0 Å². The van der Waals surface area contributed by atoms with Crippen molar-refractivity contribution < 1.29 is 5.11 Å². The Morgan fingerprint density at radius 3 is 2.76 bits per heavy atom. The van der Waals surface area contributed by atoms with Gasteiger partial charge in [-0.05, 0) is 37.3 Å². The first-order valence-electron chi connectivity index (χ1n) is 6.04. The molecule has 92 valence electrons. The largest absolute Gasteiger partial charge is 0.507 e. The molecule has 0 radical (unpaired) electrons. The molecule has 17 heavy (non-hydrogen) atoms. The molecule has 1 aromatic carbocycles. The Morgan fingerprint density at radius 1 is 1.35 bits per heavy atom. The third-order valence-corrected chi connectivity index (χ3v) is 3.86. The van der Waals surface area contributed by atoms with Crippen LogP contribution in [0.2, 0.25) is 0 Å². The van der Waals surface area contributed by atoms with Crippen LogP contribution in [0, 0.1) is 0 Å². The van der Waals surface area contributed by atoms with Crippen molar-refractivity contribution in [1.29, 1.82) is 0 Å². The highest BCUT2D eigenvalue weighted by Crippen LogP contribution is 2.33. The molecule has 0 aliphatic rings. The van der Waals surface area contributed by atoms with E-state index >= 15 is 0 Å². The lowest BCUT2D eigenvalue weighted by Crippen LogP contribution is -1.97. The number of rotatable bonds is 4. The van der Waals surface area contributed by atoms with Gasteiger partial charge in [0.15, 0.2) is 0 Å². The van der Waals surface area contributed by atoms with Gasteiger partial charge >= 0.3 is 0 Å². The summed E-state index contributed by atoms with van der Waals surface area (Å²) in [6, 6.07) is 6.18. The maximum Gasteiger partial charge on any atom is 0.125 e. The van der Waals surface area contributed by atoms with E-state index in [1.807, 2.05) is 17.8 Å². The van der Waals surface area contributed by atoms with E-state index in [0.29, 0.717) is 11.8 Å². The van der Waals surface area contributed by atoms with Gasteiger partial charge in [0.05, 0.1) is 5.52 Å². The average Bonchev–Trinajstić information content (AvgIpc) is 2.67. The summed E-state index contributed by atoms with van der Waals surface area (Å²) in [6.07, 6.45) is 2.18. The topological polar surface area (TPSA) is 25.2 Å². The highest BCUT2D eigenvalue weighted by molar-refractivity contribution is 7.98. The predicted molar refractivity (Wildman–Crippen MR) is 75.8 cm³/mol. The fraction of sp³-hybridized carbons (Fsp3) is 0.429. The molecule has 0 saturated carbocycles. The summed E-state index contributed by atoms with van der Waals surface area (Å²) >= 11 is 1.89. The summed E-state index contributed by atoms with van der Waals surface area (Å²) in [4.78, 5) is 0. The van der Waals surface area contributed by atoms with Crippen LogP contribution >= 0.6 is 11.8 Å². The minimum absolute atomic E-state index is 0.397. The first kappa shape index (κ1) is 12.4. The van der Waals surface area contributed by atoms with E-state index in [4.69, 9.17) is 0 Å². The van der Waals surface area contributed by atoms with Gasteiger partial charge in [0, 0.05) is 23.4 Å². The first-order valence-corrected chi connectivity index (χ1v) is 7.19. The average molecular weight is 249 g/mol. The minimum Gasteiger partial charge on any atom is -0.507 e. The van der Waals surface area contributed by atoms with Crippen molar-refractivity contribution in [3.63, 3.8) is 0 Å². The Balaban J connectivity index is 2.59. The van der Waals surface area contributed by atoms with Crippen LogP contribution in [0.25, 0.3) is 10.9 Å². The zero-order chi connectivity index (χ0) is 12.4. The second-order valence-electron chi connectivity index (χ2n) is 4.46. The van der Waals surface area contributed by atoms with E-state index < -0.39 is 0 Å². The molecular weight excluding hydrogens is 230 g/mol. The van der Waals surface area contributed by atoms with E-state index in [9.17, 15) is 5.11 Å². The van der Waals surface area contributed by atoms with Gasteiger partial charge < -0.3 is 9.67 Å². The number of phenolic OH excluding ortho intramolecular Hbond substituents is 1. The number of aromatic nitrogens is 1. The lowest BCUT2D eigenvalue weighted by molar-refractivity contribution is 0.481. The third-order valence-electron chi connectivity index (χ3n) is 2.93. The normalized spacial score (nSPS) is 11.5. The van der Waals surface area contributed by atoms with Crippen molar-refractivity contribution in [3.8, 4) is 5.75 Å². The Morgan fingerprint density at radius 2 is 2.12 bits per heavy atom. The molecule has 0 bridgehead atoms. The number of phenols is 1. The molecule has 0 atom stereocenters. The molecule has 0 aliphatic heterocycles. The van der Waals surface area contributed by atoms with Gasteiger partial charge in [0.1, 0.15) is 5.75 Å². The minimum atomic E-state index is 0.397. The Hall–Kier alpha value is -1.09. The van der Waals surface area contributed by atoms with Crippen molar-refractivity contribution in [2.24, 2.45) is 0 Å². The molecule has 0 spiro atoms. The van der Waals surface area contributed by atoms with Crippen molar-refractivity contribution in [3.05, 3.63) is 30.0 Å². The molecule has 1 heterocycles. The Kier molecular flexibility index (Phi) is 3.67. The second-order valence-corrected chi connectivity index (χ2v) is 5.74. The number of nitrogens with zero attached hydrogens (tertiary/aromatic N) is 1. The van der Waals surface area contributed by atoms with Crippen LogP contribution in [0.3, 0.4) is 0 Å². The maximum absolute atomic E-state index is 10.0. The van der Waals surface area contributed by atoms with Crippen LogP contribution in [0.1, 0.15) is 32.4 Å². The van der Waals surface area contributed by atoms with Gasteiger partial charge in [0.2, 0.25) is 0 Å². The van der Waals surface area contributed by atoms with Crippen LogP contribution < -0.4 is 0 Å². The van der Waals surface area contributed by atoms with Crippen molar-refractivity contribution >= 4 is 22.7 Å². The van der Waals surface area contributed by atoms with Gasteiger partial charge in [-0.25, -0.2) is 0 Å². The third kappa shape index (κ3) is 2.29. The van der Waals surface area contributed by atoms with E-state index in [1.54, 1.807) is 6.07 Å². The number of fused-ring (bicyclic) bond motifs is 1. The van der Waals surface area contributed by atoms with Crippen LogP contribution in [0.15, 0.2) is 24.4 Å². The lowest BCUT2D eigenvalue weighted by atomic mass is 10.2. The molecule has 0 amide bonds. The van der Waals surface area contributed by atoms with Crippen molar-refractivity contribution in [1.82, 2.24) is 4.57 Å². The van der Waals surface area contributed by atoms with Crippen LogP contribution in [0.5, 0.6) is 5.75 Å². The van der Waals surface area contributed by atoms with E-state index in [2.05, 4.69) is 37.6 Å². The molecule has 2 nitrogen and oxygen atoms in total. The summed E-state index contributed by atoms with van der Waals surface area (Å²) in [5.41, 5.74) is 2.37. The molecule has 0 fully saturated rings. The second kappa shape index (κ2) is 5.05. The number of aromatic hydroxyl groups is 1. The van der Waals surface area contributed by atoms with E-state index in [1.165, 1.54) is 5.56 Å². The summed E-state index contributed by atoms with van der Waals surface area (Å²) in [5, 5.41) is 11.0. The van der Waals surface area contributed by atoms with Gasteiger partial charge in [-0.3, -0.25) is 0 Å². The van der Waals surface area contributed by atoms with Gasteiger partial charge in [-0.1, -0.05) is 13.0 Å². The van der Waals surface area contributed by atoms with E-state index in [-0.39, 0.29) is 0 Å². The number of benzene rings is 1. The molecule has 2 rings (SSSR count). The quantitative estimate of drug-likeness (QED) is 0.879. The smallest absolute Gasteiger partial charge is 0.125 e. The van der Waals surface area contributed by atoms with Crippen molar-refractivity contribution in [2.75, 3.05) is 5.75 Å². The predicted octanol–water partition coefficient (Wildman–Crippen LogP) is 4.18. The summed E-state index contributed by atoms with van der Waals surface area (Å²) in [5.74, 6) is 2.46. The highest BCUT2D eigenvalue weighted by atomic mass is 32.2. The number of thioether (sulfide) groups is 1. The molecule has 0 saturated heterocycles. The molecule has 0 aliphatic carbocycles. The number of hydrogen-bond donors (Lipinski definition) is 1. The standard InChI is InChI=1S/C14H19NOS/c1-4-17-9-11-8-15(10(2)3)12-6-5-7-13(16)14(11)12/h5-8,10,16H,4,9H2,1-3H3. The highest BCUT2D eigenvalue weighted by Gasteiger charge is 2.13. The van der Waals surface area contributed by atoms with Gasteiger partial charge in [0.25, 0.3) is 0 Å². The fourth-order valence-electron chi connectivity index (χ4n) is 2.12. The van der Waals surface area contributed by atoms with Crippen molar-refractivity contribution in [2.45, 2.75) is 32.6 Å². The molecule has 2 aromatic rings. The fourth-order valence-corrected chi connectivity index (χ4v) is 2.77. The zero-order valence-corrected chi connectivity index (χ0v) is 11.4. The molecular formula is C14H19NOS. The molecule has 1 aromatic heterocycles.